The number of amides is 2. The first-order valence-corrected chi connectivity index (χ1v) is 10.8. The average Bonchev–Trinajstić information content (AvgIpc) is 2.81. The molecule has 2 amide bonds. The smallest absolute Gasteiger partial charge is 0.241 e. The summed E-state index contributed by atoms with van der Waals surface area (Å²) < 4.78 is 0. The van der Waals surface area contributed by atoms with Crippen LogP contribution in [0.15, 0.2) is 72.8 Å². The van der Waals surface area contributed by atoms with E-state index in [1.165, 1.54) is 0 Å². The molecule has 6 heteroatoms. The molecular weight excluding hydrogens is 414 g/mol. The molecule has 0 heterocycles. The Balaban J connectivity index is 1.66. The van der Waals surface area contributed by atoms with Crippen molar-refractivity contribution in [3.63, 3.8) is 0 Å². The van der Waals surface area contributed by atoms with E-state index < -0.39 is 6.04 Å². The van der Waals surface area contributed by atoms with E-state index in [4.69, 9.17) is 0 Å². The molecule has 0 radical (unpaired) electrons. The van der Waals surface area contributed by atoms with E-state index in [-0.39, 0.29) is 24.1 Å². The van der Waals surface area contributed by atoms with Gasteiger partial charge in [0.25, 0.3) is 0 Å². The molecule has 0 aliphatic heterocycles. The minimum atomic E-state index is -0.589. The van der Waals surface area contributed by atoms with Crippen LogP contribution in [0.2, 0.25) is 0 Å². The van der Waals surface area contributed by atoms with Gasteiger partial charge in [0, 0.05) is 16.8 Å². The number of benzene rings is 3. The summed E-state index contributed by atoms with van der Waals surface area (Å²) in [4.78, 5) is 40.1. The number of likely N-dealkylation sites (N-methyl/N-ethyl adjacent to an activating group) is 1. The number of nitrogens with zero attached hydrogens (tertiary/aromatic N) is 1. The SMILES string of the molecule is Cc1cccc(C)c1NC(=O)CN(C)C(C)C(=O)Nc1ccccc1C(=O)c1ccccc1. The molecule has 0 bridgehead atoms. The van der Waals surface area contributed by atoms with E-state index in [1.807, 2.05) is 38.1 Å². The normalized spacial score (nSPS) is 11.7. The monoisotopic (exact) mass is 443 g/mol. The lowest BCUT2D eigenvalue weighted by atomic mass is 10.0. The molecule has 33 heavy (non-hydrogen) atoms. The van der Waals surface area contributed by atoms with Crippen molar-refractivity contribution in [1.82, 2.24) is 4.90 Å². The van der Waals surface area contributed by atoms with Gasteiger partial charge in [0.15, 0.2) is 5.78 Å². The van der Waals surface area contributed by atoms with Crippen LogP contribution < -0.4 is 10.6 Å². The largest absolute Gasteiger partial charge is 0.324 e. The summed E-state index contributed by atoms with van der Waals surface area (Å²) in [6.45, 7) is 5.66. The Morgan fingerprint density at radius 2 is 1.42 bits per heavy atom. The van der Waals surface area contributed by atoms with Crippen LogP contribution in [-0.2, 0) is 9.59 Å². The number of aryl methyl sites for hydroxylation is 2. The quantitative estimate of drug-likeness (QED) is 0.505. The molecule has 3 rings (SSSR count). The molecule has 2 N–H and O–H groups in total. The van der Waals surface area contributed by atoms with E-state index in [0.717, 1.165) is 16.8 Å². The van der Waals surface area contributed by atoms with Crippen molar-refractivity contribution < 1.29 is 14.4 Å². The summed E-state index contributed by atoms with van der Waals surface area (Å²) in [7, 11) is 1.72. The number of rotatable bonds is 8. The number of hydrogen-bond acceptors (Lipinski definition) is 4. The van der Waals surface area contributed by atoms with Crippen molar-refractivity contribution in [2.75, 3.05) is 24.2 Å². The number of nitrogens with one attached hydrogen (secondary N) is 2. The second-order valence-electron chi connectivity index (χ2n) is 8.14. The highest BCUT2D eigenvalue weighted by Gasteiger charge is 2.22. The molecule has 3 aromatic carbocycles. The molecule has 1 atom stereocenters. The summed E-state index contributed by atoms with van der Waals surface area (Å²) in [6.07, 6.45) is 0. The highest BCUT2D eigenvalue weighted by Crippen LogP contribution is 2.21. The van der Waals surface area contributed by atoms with Crippen LogP contribution >= 0.6 is 0 Å². The van der Waals surface area contributed by atoms with Crippen LogP contribution in [0.25, 0.3) is 0 Å². The Morgan fingerprint density at radius 3 is 2.09 bits per heavy atom. The number of ketones is 1. The molecule has 0 aliphatic carbocycles. The van der Waals surface area contributed by atoms with Gasteiger partial charge in [-0.15, -0.1) is 0 Å². The van der Waals surface area contributed by atoms with Crippen LogP contribution in [0.5, 0.6) is 0 Å². The maximum atomic E-state index is 12.9. The molecule has 0 spiro atoms. The van der Waals surface area contributed by atoms with Crippen molar-refractivity contribution in [3.05, 3.63) is 95.1 Å². The molecule has 0 aromatic heterocycles. The maximum absolute atomic E-state index is 12.9. The highest BCUT2D eigenvalue weighted by molar-refractivity contribution is 6.14. The third-order valence-electron chi connectivity index (χ3n) is 5.64. The van der Waals surface area contributed by atoms with Gasteiger partial charge >= 0.3 is 0 Å². The molecule has 6 nitrogen and oxygen atoms in total. The standard InChI is InChI=1S/C27H29N3O3/c1-18-11-10-12-19(2)25(18)29-24(31)17-30(4)20(3)27(33)28-23-16-9-8-15-22(23)26(32)21-13-6-5-7-14-21/h5-16,20H,17H2,1-4H3,(H,28,33)(H,29,31). The number of hydrogen-bond donors (Lipinski definition) is 2. The Morgan fingerprint density at radius 1 is 0.818 bits per heavy atom. The first-order chi connectivity index (χ1) is 15.8. The van der Waals surface area contributed by atoms with Crippen molar-refractivity contribution in [2.45, 2.75) is 26.8 Å². The zero-order valence-corrected chi connectivity index (χ0v) is 19.4. The molecule has 170 valence electrons. The summed E-state index contributed by atoms with van der Waals surface area (Å²) >= 11 is 0. The van der Waals surface area contributed by atoms with Gasteiger partial charge in [-0.2, -0.15) is 0 Å². The van der Waals surface area contributed by atoms with Crippen molar-refractivity contribution in [3.8, 4) is 0 Å². The Kier molecular flexibility index (Phi) is 7.74. The second-order valence-corrected chi connectivity index (χ2v) is 8.14. The number of para-hydroxylation sites is 2. The third-order valence-corrected chi connectivity index (χ3v) is 5.64. The lowest BCUT2D eigenvalue weighted by molar-refractivity contribution is -0.122. The summed E-state index contributed by atoms with van der Waals surface area (Å²) in [5.74, 6) is -0.666. The second kappa shape index (κ2) is 10.7. The fourth-order valence-electron chi connectivity index (χ4n) is 3.53. The van der Waals surface area contributed by atoms with Crippen molar-refractivity contribution >= 4 is 29.0 Å². The van der Waals surface area contributed by atoms with E-state index in [0.29, 0.717) is 16.8 Å². The van der Waals surface area contributed by atoms with Crippen LogP contribution in [0.3, 0.4) is 0 Å². The predicted octanol–water partition coefficient (Wildman–Crippen LogP) is 4.43. The lowest BCUT2D eigenvalue weighted by Crippen LogP contribution is -2.43. The van der Waals surface area contributed by atoms with Gasteiger partial charge in [0.2, 0.25) is 11.8 Å². The number of carbonyl (C=O) groups excluding carboxylic acids is 3. The highest BCUT2D eigenvalue weighted by atomic mass is 16.2. The van der Waals surface area contributed by atoms with Crippen molar-refractivity contribution in [1.29, 1.82) is 0 Å². The van der Waals surface area contributed by atoms with Gasteiger partial charge in [0.05, 0.1) is 18.3 Å². The van der Waals surface area contributed by atoms with Gasteiger partial charge in [-0.25, -0.2) is 0 Å². The molecule has 0 fully saturated rings. The van der Waals surface area contributed by atoms with Gasteiger partial charge in [0.1, 0.15) is 0 Å². The first-order valence-electron chi connectivity index (χ1n) is 10.8. The van der Waals surface area contributed by atoms with E-state index in [1.54, 1.807) is 67.4 Å². The first kappa shape index (κ1) is 23.9. The van der Waals surface area contributed by atoms with Crippen LogP contribution in [-0.4, -0.2) is 42.1 Å². The zero-order chi connectivity index (χ0) is 24.0. The molecule has 0 aliphatic rings. The fourth-order valence-corrected chi connectivity index (χ4v) is 3.53. The molecule has 1 unspecified atom stereocenters. The summed E-state index contributed by atoms with van der Waals surface area (Å²) in [6, 6.07) is 21.1. The fraction of sp³-hybridized carbons (Fsp3) is 0.222. The van der Waals surface area contributed by atoms with Gasteiger partial charge < -0.3 is 10.6 Å². The number of anilines is 2. The van der Waals surface area contributed by atoms with E-state index in [9.17, 15) is 14.4 Å². The van der Waals surface area contributed by atoms with E-state index >= 15 is 0 Å². The molecule has 3 aromatic rings. The predicted molar refractivity (Wildman–Crippen MR) is 132 cm³/mol. The van der Waals surface area contributed by atoms with Gasteiger partial charge in [-0.3, -0.25) is 19.3 Å². The summed E-state index contributed by atoms with van der Waals surface area (Å²) in [5, 5.41) is 5.79. The molecule has 0 saturated heterocycles. The molecular formula is C27H29N3O3. The average molecular weight is 444 g/mol. The summed E-state index contributed by atoms with van der Waals surface area (Å²) in [5.41, 5.74) is 4.16. The Bertz CT molecular complexity index is 1140. The van der Waals surface area contributed by atoms with Gasteiger partial charge in [-0.05, 0) is 51.1 Å². The lowest BCUT2D eigenvalue weighted by Gasteiger charge is -2.24. The minimum Gasteiger partial charge on any atom is -0.324 e. The van der Waals surface area contributed by atoms with E-state index in [2.05, 4.69) is 10.6 Å². The van der Waals surface area contributed by atoms with Crippen LogP contribution in [0.4, 0.5) is 11.4 Å². The van der Waals surface area contributed by atoms with Crippen LogP contribution in [0, 0.1) is 13.8 Å². The van der Waals surface area contributed by atoms with Crippen LogP contribution in [0.1, 0.15) is 34.0 Å². The Labute approximate surface area is 194 Å². The van der Waals surface area contributed by atoms with Gasteiger partial charge in [-0.1, -0.05) is 60.7 Å². The Hall–Kier alpha value is -3.77. The zero-order valence-electron chi connectivity index (χ0n) is 19.4. The number of carbonyl (C=O) groups is 3. The molecule has 0 saturated carbocycles. The topological polar surface area (TPSA) is 78.5 Å². The maximum Gasteiger partial charge on any atom is 0.241 e. The third kappa shape index (κ3) is 5.93. The minimum absolute atomic E-state index is 0.0486. The van der Waals surface area contributed by atoms with Crippen molar-refractivity contribution in [2.24, 2.45) is 0 Å².